The van der Waals surface area contributed by atoms with Crippen molar-refractivity contribution < 1.29 is 0 Å². The fraction of sp³-hybridized carbons (Fsp3) is 0.750. The Balaban J connectivity index is 1.21. The molecule has 1 saturated heterocycles. The number of hydrogen-bond acceptors (Lipinski definition) is 1. The maximum absolute atomic E-state index is 2.82. The van der Waals surface area contributed by atoms with Gasteiger partial charge < -0.3 is 0 Å². The van der Waals surface area contributed by atoms with Gasteiger partial charge in [0.05, 0.1) is 0 Å². The van der Waals surface area contributed by atoms with Gasteiger partial charge in [-0.15, -0.1) is 0 Å². The molecule has 1 heterocycles. The highest BCUT2D eigenvalue weighted by Gasteiger charge is 2.50. The zero-order valence-corrected chi connectivity index (χ0v) is 15.8. The van der Waals surface area contributed by atoms with Crippen molar-refractivity contribution in [2.45, 2.75) is 76.7 Å². The number of rotatable bonds is 5. The topological polar surface area (TPSA) is 3.24 Å². The van der Waals surface area contributed by atoms with E-state index in [9.17, 15) is 0 Å². The van der Waals surface area contributed by atoms with Gasteiger partial charge in [0.15, 0.2) is 0 Å². The molecule has 0 spiro atoms. The second kappa shape index (κ2) is 6.72. The predicted octanol–water partition coefficient (Wildman–Crippen LogP) is 6.21. The molecule has 0 N–H and O–H groups in total. The van der Waals surface area contributed by atoms with Crippen LogP contribution in [0.25, 0.3) is 0 Å². The van der Waals surface area contributed by atoms with Crippen LogP contribution in [0.5, 0.6) is 0 Å². The third-order valence-electron chi connectivity index (χ3n) is 8.12. The highest BCUT2D eigenvalue weighted by atomic mass is 15.2. The highest BCUT2D eigenvalue weighted by molar-refractivity contribution is 5.19. The van der Waals surface area contributed by atoms with Crippen LogP contribution in [0.1, 0.15) is 82.2 Å². The third kappa shape index (κ3) is 3.29. The van der Waals surface area contributed by atoms with Gasteiger partial charge in [0.2, 0.25) is 0 Å². The van der Waals surface area contributed by atoms with E-state index in [2.05, 4.69) is 35.2 Å². The molecule has 1 unspecified atom stereocenters. The molecule has 1 nitrogen and oxygen atoms in total. The Bertz CT molecular complexity index is 542. The summed E-state index contributed by atoms with van der Waals surface area (Å²) >= 11 is 0. The molecule has 6 rings (SSSR count). The Kier molecular flexibility index (Phi) is 4.40. The van der Waals surface area contributed by atoms with Crippen molar-refractivity contribution in [2.75, 3.05) is 13.1 Å². The lowest BCUT2D eigenvalue weighted by Crippen LogP contribution is -2.46. The second-order valence-corrected chi connectivity index (χ2v) is 9.98. The summed E-state index contributed by atoms with van der Waals surface area (Å²) in [5, 5.41) is 0. The molecule has 1 aliphatic heterocycles. The van der Waals surface area contributed by atoms with Crippen LogP contribution in [0.2, 0.25) is 0 Å². The minimum Gasteiger partial charge on any atom is -0.296 e. The van der Waals surface area contributed by atoms with Crippen molar-refractivity contribution in [2.24, 2.45) is 23.2 Å². The van der Waals surface area contributed by atoms with E-state index in [-0.39, 0.29) is 0 Å². The molecule has 1 aromatic rings. The van der Waals surface area contributed by atoms with Gasteiger partial charge >= 0.3 is 0 Å². The smallest absolute Gasteiger partial charge is 0.0348 e. The van der Waals surface area contributed by atoms with Crippen molar-refractivity contribution in [1.82, 2.24) is 4.90 Å². The largest absolute Gasteiger partial charge is 0.296 e. The fourth-order valence-corrected chi connectivity index (χ4v) is 7.56. The van der Waals surface area contributed by atoms with E-state index >= 15 is 0 Å². The van der Waals surface area contributed by atoms with Gasteiger partial charge in [0.1, 0.15) is 0 Å². The molecule has 0 aromatic heterocycles. The molecule has 1 heteroatoms. The van der Waals surface area contributed by atoms with E-state index in [1.54, 1.807) is 44.1 Å². The maximum Gasteiger partial charge on any atom is 0.0348 e. The summed E-state index contributed by atoms with van der Waals surface area (Å²) in [5.41, 5.74) is 2.32. The van der Waals surface area contributed by atoms with Crippen LogP contribution in [0.3, 0.4) is 0 Å². The maximum atomic E-state index is 2.82. The first-order valence-corrected chi connectivity index (χ1v) is 11.1. The lowest BCUT2D eigenvalue weighted by molar-refractivity contribution is -0.0596. The zero-order chi connectivity index (χ0) is 16.7. The third-order valence-corrected chi connectivity index (χ3v) is 8.12. The standard InChI is InChI=1S/C24H35N/c1-2-7-22(8-3-1)23-9-4-5-11-25(23)12-6-10-24-16-19-13-20(17-24)15-21(14-19)18-24/h1-3,7-8,19-21,23H,4-6,9-18H2. The average Bonchev–Trinajstić information content (AvgIpc) is 2.62. The highest BCUT2D eigenvalue weighted by Crippen LogP contribution is 2.61. The molecule has 5 aliphatic rings. The van der Waals surface area contributed by atoms with Gasteiger partial charge in [0, 0.05) is 6.04 Å². The van der Waals surface area contributed by atoms with E-state index < -0.39 is 0 Å². The molecule has 4 aliphatic carbocycles. The summed E-state index contributed by atoms with van der Waals surface area (Å²) in [5.74, 6) is 3.33. The zero-order valence-electron chi connectivity index (χ0n) is 15.8. The predicted molar refractivity (Wildman–Crippen MR) is 104 cm³/mol. The fourth-order valence-electron chi connectivity index (χ4n) is 7.56. The molecular formula is C24H35N. The normalized spacial score (nSPS) is 40.5. The monoisotopic (exact) mass is 337 g/mol. The van der Waals surface area contributed by atoms with Crippen LogP contribution in [0.15, 0.2) is 30.3 Å². The Hall–Kier alpha value is -0.820. The second-order valence-electron chi connectivity index (χ2n) is 9.98. The molecule has 0 amide bonds. The Morgan fingerprint density at radius 3 is 2.24 bits per heavy atom. The molecule has 4 saturated carbocycles. The minimum atomic E-state index is 0.686. The lowest BCUT2D eigenvalue weighted by Gasteiger charge is -2.57. The first-order valence-electron chi connectivity index (χ1n) is 11.1. The SMILES string of the molecule is c1ccc(C2CCCCN2CCCC23CC4CC(CC(C4)C2)C3)cc1. The summed E-state index contributed by atoms with van der Waals surface area (Å²) in [6.45, 7) is 2.65. The Morgan fingerprint density at radius 2 is 1.56 bits per heavy atom. The first-order chi connectivity index (χ1) is 12.3. The van der Waals surface area contributed by atoms with Crippen LogP contribution in [-0.2, 0) is 0 Å². The van der Waals surface area contributed by atoms with Gasteiger partial charge in [-0.25, -0.2) is 0 Å². The lowest BCUT2D eigenvalue weighted by atomic mass is 9.48. The summed E-state index contributed by atoms with van der Waals surface area (Å²) in [6.07, 6.45) is 16.6. The van der Waals surface area contributed by atoms with Crippen LogP contribution < -0.4 is 0 Å². The Morgan fingerprint density at radius 1 is 0.880 bits per heavy atom. The molecule has 0 radical (unpaired) electrons. The van der Waals surface area contributed by atoms with E-state index in [1.165, 1.54) is 45.2 Å². The number of piperidine rings is 1. The summed E-state index contributed by atoms with van der Waals surface area (Å²) in [7, 11) is 0. The van der Waals surface area contributed by atoms with Gasteiger partial charge in [-0.3, -0.25) is 4.90 Å². The van der Waals surface area contributed by atoms with Crippen molar-refractivity contribution in [3.63, 3.8) is 0 Å². The average molecular weight is 338 g/mol. The van der Waals surface area contributed by atoms with Gasteiger partial charge in [-0.2, -0.15) is 0 Å². The number of likely N-dealkylation sites (tertiary alicyclic amines) is 1. The quantitative estimate of drug-likeness (QED) is 0.617. The van der Waals surface area contributed by atoms with Crippen LogP contribution >= 0.6 is 0 Å². The van der Waals surface area contributed by atoms with Gasteiger partial charge in [-0.05, 0) is 106 Å². The van der Waals surface area contributed by atoms with Crippen molar-refractivity contribution in [3.8, 4) is 0 Å². The minimum absolute atomic E-state index is 0.686. The summed E-state index contributed by atoms with van der Waals surface area (Å²) in [4.78, 5) is 2.82. The molecule has 1 aromatic carbocycles. The van der Waals surface area contributed by atoms with Crippen LogP contribution in [0, 0.1) is 23.2 Å². The molecule has 1 atom stereocenters. The molecule has 4 bridgehead atoms. The number of benzene rings is 1. The van der Waals surface area contributed by atoms with Crippen molar-refractivity contribution in [1.29, 1.82) is 0 Å². The van der Waals surface area contributed by atoms with Gasteiger partial charge in [-0.1, -0.05) is 36.8 Å². The van der Waals surface area contributed by atoms with Crippen LogP contribution in [-0.4, -0.2) is 18.0 Å². The van der Waals surface area contributed by atoms with Crippen LogP contribution in [0.4, 0.5) is 0 Å². The summed E-state index contributed by atoms with van der Waals surface area (Å²) < 4.78 is 0. The van der Waals surface area contributed by atoms with Gasteiger partial charge in [0.25, 0.3) is 0 Å². The van der Waals surface area contributed by atoms with E-state index in [4.69, 9.17) is 0 Å². The van der Waals surface area contributed by atoms with E-state index in [1.807, 2.05) is 0 Å². The Labute approximate surface area is 154 Å². The molecule has 136 valence electrons. The van der Waals surface area contributed by atoms with Crippen molar-refractivity contribution in [3.05, 3.63) is 35.9 Å². The number of hydrogen-bond donors (Lipinski definition) is 0. The van der Waals surface area contributed by atoms with E-state index in [0.717, 1.165) is 23.2 Å². The first kappa shape index (κ1) is 16.4. The molecule has 25 heavy (non-hydrogen) atoms. The summed E-state index contributed by atoms with van der Waals surface area (Å²) in [6, 6.07) is 12.0. The number of nitrogens with zero attached hydrogens (tertiary/aromatic N) is 1. The molecule has 5 fully saturated rings. The molecular weight excluding hydrogens is 302 g/mol. The van der Waals surface area contributed by atoms with E-state index in [0.29, 0.717) is 6.04 Å². The van der Waals surface area contributed by atoms with Crippen molar-refractivity contribution >= 4 is 0 Å².